The highest BCUT2D eigenvalue weighted by molar-refractivity contribution is 7.07. The first-order chi connectivity index (χ1) is 9.15. The third kappa shape index (κ3) is 4.51. The van der Waals surface area contributed by atoms with E-state index in [9.17, 15) is 4.79 Å². The van der Waals surface area contributed by atoms with E-state index in [1.807, 2.05) is 16.3 Å². The minimum atomic E-state index is 0.0156. The molecule has 106 valence electrons. The van der Waals surface area contributed by atoms with Gasteiger partial charge in [-0.2, -0.15) is 11.3 Å². The molecule has 1 aliphatic rings. The summed E-state index contributed by atoms with van der Waals surface area (Å²) in [6, 6.07) is 2.05. The van der Waals surface area contributed by atoms with E-state index >= 15 is 0 Å². The molecule has 0 aliphatic carbocycles. The Morgan fingerprint density at radius 2 is 2.47 bits per heavy atom. The van der Waals surface area contributed by atoms with Crippen LogP contribution in [-0.4, -0.2) is 36.7 Å². The van der Waals surface area contributed by atoms with Crippen molar-refractivity contribution in [1.29, 1.82) is 0 Å². The van der Waals surface area contributed by atoms with E-state index in [4.69, 9.17) is 4.74 Å². The average molecular weight is 282 g/mol. The lowest BCUT2D eigenvalue weighted by molar-refractivity contribution is 0.0436. The van der Waals surface area contributed by atoms with Crippen molar-refractivity contribution in [3.05, 3.63) is 22.4 Å². The Hall–Kier alpha value is -1.07. The zero-order chi connectivity index (χ0) is 13.7. The maximum absolute atomic E-state index is 12.0. The fraction of sp³-hybridized carbons (Fsp3) is 0.643. The van der Waals surface area contributed by atoms with Gasteiger partial charge in [0.2, 0.25) is 0 Å². The standard InChI is InChI=1S/C14H22N2O2S/c1-11(2)9-18-13-3-5-16(8-13)14(17)15-7-12-4-6-19-10-12/h4,6,10-11,13H,3,5,7-9H2,1-2H3,(H,15,17)/t13-/m1/s1. The summed E-state index contributed by atoms with van der Waals surface area (Å²) >= 11 is 1.65. The van der Waals surface area contributed by atoms with Gasteiger partial charge >= 0.3 is 6.03 Å². The lowest BCUT2D eigenvalue weighted by Gasteiger charge is -2.18. The van der Waals surface area contributed by atoms with Crippen LogP contribution in [0.1, 0.15) is 25.8 Å². The highest BCUT2D eigenvalue weighted by atomic mass is 32.1. The van der Waals surface area contributed by atoms with Crippen LogP contribution in [0.2, 0.25) is 0 Å². The molecule has 5 heteroatoms. The predicted molar refractivity (Wildman–Crippen MR) is 77.3 cm³/mol. The number of rotatable bonds is 5. The van der Waals surface area contributed by atoms with Gasteiger partial charge in [-0.05, 0) is 34.7 Å². The lowest BCUT2D eigenvalue weighted by atomic mass is 10.2. The van der Waals surface area contributed by atoms with Crippen LogP contribution in [0.15, 0.2) is 16.8 Å². The van der Waals surface area contributed by atoms with Crippen LogP contribution in [0.25, 0.3) is 0 Å². The van der Waals surface area contributed by atoms with Crippen molar-refractivity contribution in [2.75, 3.05) is 19.7 Å². The van der Waals surface area contributed by atoms with Crippen LogP contribution in [0.3, 0.4) is 0 Å². The molecule has 1 atom stereocenters. The maximum atomic E-state index is 12.0. The van der Waals surface area contributed by atoms with Crippen molar-refractivity contribution in [2.24, 2.45) is 5.92 Å². The lowest BCUT2D eigenvalue weighted by Crippen LogP contribution is -2.38. The molecule has 1 aromatic heterocycles. The van der Waals surface area contributed by atoms with Gasteiger partial charge in [0.15, 0.2) is 0 Å². The van der Waals surface area contributed by atoms with Gasteiger partial charge in [-0.15, -0.1) is 0 Å². The van der Waals surface area contributed by atoms with Gasteiger partial charge in [0, 0.05) is 26.2 Å². The molecule has 2 amide bonds. The minimum Gasteiger partial charge on any atom is -0.376 e. The fourth-order valence-electron chi connectivity index (χ4n) is 2.06. The molecule has 1 saturated heterocycles. The van der Waals surface area contributed by atoms with Crippen LogP contribution in [0, 0.1) is 5.92 Å². The first-order valence-corrected chi connectivity index (χ1v) is 7.75. The molecular formula is C14H22N2O2S. The Morgan fingerprint density at radius 1 is 1.63 bits per heavy atom. The van der Waals surface area contributed by atoms with Crippen molar-refractivity contribution >= 4 is 17.4 Å². The third-order valence-corrected chi connectivity index (χ3v) is 3.85. The number of hydrogen-bond donors (Lipinski definition) is 1. The van der Waals surface area contributed by atoms with Gasteiger partial charge in [-0.1, -0.05) is 13.8 Å². The molecule has 0 aromatic carbocycles. The number of nitrogens with one attached hydrogen (secondary N) is 1. The molecule has 0 radical (unpaired) electrons. The van der Waals surface area contributed by atoms with Gasteiger partial charge in [0.05, 0.1) is 6.10 Å². The third-order valence-electron chi connectivity index (χ3n) is 3.12. The van der Waals surface area contributed by atoms with E-state index < -0.39 is 0 Å². The molecule has 2 rings (SSSR count). The molecule has 1 aliphatic heterocycles. The smallest absolute Gasteiger partial charge is 0.317 e. The van der Waals surface area contributed by atoms with Gasteiger partial charge in [0.25, 0.3) is 0 Å². The summed E-state index contributed by atoms with van der Waals surface area (Å²) in [5, 5.41) is 7.03. The first kappa shape index (κ1) is 14.3. The number of thiophene rings is 1. The zero-order valence-corrected chi connectivity index (χ0v) is 12.4. The topological polar surface area (TPSA) is 41.6 Å². The molecule has 1 fully saturated rings. The number of carbonyl (C=O) groups is 1. The molecule has 19 heavy (non-hydrogen) atoms. The normalized spacial score (nSPS) is 19.1. The molecule has 4 nitrogen and oxygen atoms in total. The Balaban J connectivity index is 1.69. The summed E-state index contributed by atoms with van der Waals surface area (Å²) in [5.74, 6) is 0.543. The molecule has 1 N–H and O–H groups in total. The number of likely N-dealkylation sites (tertiary alicyclic amines) is 1. The number of carbonyl (C=O) groups excluding carboxylic acids is 1. The first-order valence-electron chi connectivity index (χ1n) is 6.80. The number of ether oxygens (including phenoxy) is 1. The second-order valence-electron chi connectivity index (χ2n) is 5.37. The summed E-state index contributed by atoms with van der Waals surface area (Å²) in [7, 11) is 0. The van der Waals surface area contributed by atoms with E-state index in [1.54, 1.807) is 11.3 Å². The van der Waals surface area contributed by atoms with E-state index in [-0.39, 0.29) is 12.1 Å². The van der Waals surface area contributed by atoms with Crippen molar-refractivity contribution in [3.63, 3.8) is 0 Å². The largest absolute Gasteiger partial charge is 0.376 e. The number of urea groups is 1. The second kappa shape index (κ2) is 6.91. The van der Waals surface area contributed by atoms with Crippen LogP contribution < -0.4 is 5.32 Å². The Labute approximate surface area is 118 Å². The fourth-order valence-corrected chi connectivity index (χ4v) is 2.73. The summed E-state index contributed by atoms with van der Waals surface area (Å²) in [5.41, 5.74) is 1.16. The zero-order valence-electron chi connectivity index (χ0n) is 11.6. The molecule has 0 saturated carbocycles. The van der Waals surface area contributed by atoms with Gasteiger partial charge in [0.1, 0.15) is 0 Å². The van der Waals surface area contributed by atoms with Crippen LogP contribution in [-0.2, 0) is 11.3 Å². The summed E-state index contributed by atoms with van der Waals surface area (Å²) in [4.78, 5) is 13.8. The van der Waals surface area contributed by atoms with Crippen molar-refractivity contribution in [1.82, 2.24) is 10.2 Å². The second-order valence-corrected chi connectivity index (χ2v) is 6.15. The Kier molecular flexibility index (Phi) is 5.22. The summed E-state index contributed by atoms with van der Waals surface area (Å²) in [6.45, 7) is 7.16. The molecular weight excluding hydrogens is 260 g/mol. The van der Waals surface area contributed by atoms with Crippen molar-refractivity contribution < 1.29 is 9.53 Å². The predicted octanol–water partition coefficient (Wildman–Crippen LogP) is 2.70. The highest BCUT2D eigenvalue weighted by Crippen LogP contribution is 2.14. The van der Waals surface area contributed by atoms with Gasteiger partial charge in [-0.25, -0.2) is 4.79 Å². The molecule has 2 heterocycles. The van der Waals surface area contributed by atoms with Crippen molar-refractivity contribution in [2.45, 2.75) is 32.9 Å². The monoisotopic (exact) mass is 282 g/mol. The average Bonchev–Trinajstić information content (AvgIpc) is 3.04. The van der Waals surface area contributed by atoms with E-state index in [0.717, 1.165) is 25.1 Å². The van der Waals surface area contributed by atoms with E-state index in [0.29, 0.717) is 19.0 Å². The SMILES string of the molecule is CC(C)CO[C@@H]1CCN(C(=O)NCc2ccsc2)C1. The van der Waals surface area contributed by atoms with Crippen LogP contribution >= 0.6 is 11.3 Å². The summed E-state index contributed by atoms with van der Waals surface area (Å²) < 4.78 is 5.78. The highest BCUT2D eigenvalue weighted by Gasteiger charge is 2.26. The minimum absolute atomic E-state index is 0.0156. The molecule has 1 aromatic rings. The molecule has 0 spiro atoms. The van der Waals surface area contributed by atoms with Gasteiger partial charge in [-0.3, -0.25) is 0 Å². The number of amides is 2. The van der Waals surface area contributed by atoms with Crippen LogP contribution in [0.4, 0.5) is 4.79 Å². The van der Waals surface area contributed by atoms with E-state index in [2.05, 4.69) is 24.5 Å². The maximum Gasteiger partial charge on any atom is 0.317 e. The van der Waals surface area contributed by atoms with Crippen LogP contribution in [0.5, 0.6) is 0 Å². The number of hydrogen-bond acceptors (Lipinski definition) is 3. The Morgan fingerprint density at radius 3 is 3.16 bits per heavy atom. The summed E-state index contributed by atoms with van der Waals surface area (Å²) in [6.07, 6.45) is 1.15. The van der Waals surface area contributed by atoms with Gasteiger partial charge < -0.3 is 15.0 Å². The van der Waals surface area contributed by atoms with Crippen molar-refractivity contribution in [3.8, 4) is 0 Å². The molecule has 0 unspecified atom stereocenters. The number of nitrogens with zero attached hydrogens (tertiary/aromatic N) is 1. The quantitative estimate of drug-likeness (QED) is 0.902. The Bertz CT molecular complexity index is 392. The van der Waals surface area contributed by atoms with E-state index in [1.165, 1.54) is 0 Å². The molecule has 0 bridgehead atoms.